The fraction of sp³-hybridized carbons (Fsp3) is 0.500. The molecule has 0 heterocycles. The first-order valence-electron chi connectivity index (χ1n) is 5.27. The number of aliphatic hydroxyl groups is 1. The monoisotopic (exact) mass is 258 g/mol. The number of aryl methyl sites for hydroxylation is 1. The molecule has 0 spiro atoms. The first-order chi connectivity index (χ1) is 8.08. The average Bonchev–Trinajstić information content (AvgIpc) is 2.31. The van der Waals surface area contributed by atoms with Crippen molar-refractivity contribution in [1.82, 2.24) is 0 Å². The summed E-state index contributed by atoms with van der Waals surface area (Å²) in [6.07, 6.45) is -1.66. The highest BCUT2D eigenvalue weighted by molar-refractivity contribution is 7.85. The zero-order valence-electron chi connectivity index (χ0n) is 10.3. The molecule has 17 heavy (non-hydrogen) atoms. The summed E-state index contributed by atoms with van der Waals surface area (Å²) in [5.41, 5.74) is 1.11. The van der Waals surface area contributed by atoms with Crippen molar-refractivity contribution in [2.75, 3.05) is 20.0 Å². The van der Waals surface area contributed by atoms with Crippen LogP contribution in [0.3, 0.4) is 0 Å². The van der Waals surface area contributed by atoms with Gasteiger partial charge in [0.2, 0.25) is 0 Å². The van der Waals surface area contributed by atoms with E-state index in [-0.39, 0.29) is 5.75 Å². The molecule has 4 nitrogen and oxygen atoms in total. The maximum atomic E-state index is 11.9. The van der Waals surface area contributed by atoms with E-state index < -0.39 is 23.2 Å². The summed E-state index contributed by atoms with van der Waals surface area (Å²) in [6.45, 7) is 1.97. The van der Waals surface area contributed by atoms with Gasteiger partial charge < -0.3 is 14.6 Å². The zero-order valence-corrected chi connectivity index (χ0v) is 11.1. The third kappa shape index (κ3) is 4.20. The molecule has 1 N–H and O–H groups in total. The van der Waals surface area contributed by atoms with E-state index in [1.165, 1.54) is 14.2 Å². The number of hydrogen-bond acceptors (Lipinski definition) is 4. The minimum absolute atomic E-state index is 0.0927. The normalized spacial score (nSPS) is 14.9. The van der Waals surface area contributed by atoms with Crippen LogP contribution in [0.4, 0.5) is 0 Å². The summed E-state index contributed by atoms with van der Waals surface area (Å²) in [5, 5.41) is 9.75. The summed E-state index contributed by atoms with van der Waals surface area (Å²) in [7, 11) is 1.62. The van der Waals surface area contributed by atoms with Crippen molar-refractivity contribution in [3.63, 3.8) is 0 Å². The second kappa shape index (κ2) is 6.86. The Morgan fingerprint density at radius 1 is 1.24 bits per heavy atom. The molecule has 0 bridgehead atoms. The Labute approximate surface area is 104 Å². The zero-order chi connectivity index (χ0) is 12.8. The lowest BCUT2D eigenvalue weighted by atomic mass is 10.2. The SMILES string of the molecule is COC(OC)[C@H](O)C[S@@](=O)c1ccc(C)cc1. The third-order valence-electron chi connectivity index (χ3n) is 2.38. The average molecular weight is 258 g/mol. The van der Waals surface area contributed by atoms with Crippen molar-refractivity contribution in [2.24, 2.45) is 0 Å². The number of benzene rings is 1. The third-order valence-corrected chi connectivity index (χ3v) is 3.83. The van der Waals surface area contributed by atoms with E-state index in [0.29, 0.717) is 4.90 Å². The van der Waals surface area contributed by atoms with Gasteiger partial charge in [-0.15, -0.1) is 0 Å². The fourth-order valence-electron chi connectivity index (χ4n) is 1.43. The Kier molecular flexibility index (Phi) is 5.77. The first-order valence-corrected chi connectivity index (χ1v) is 6.59. The summed E-state index contributed by atoms with van der Waals surface area (Å²) in [4.78, 5) is 0.695. The molecule has 0 amide bonds. The van der Waals surface area contributed by atoms with E-state index in [0.717, 1.165) is 5.56 Å². The molecule has 0 aliphatic rings. The standard InChI is InChI=1S/C12H18O4S/c1-9-4-6-10(7-5-9)17(14)8-11(13)12(15-2)16-3/h4-7,11-13H,8H2,1-3H3/t11-,17-/m1/s1. The Balaban J connectivity index is 2.62. The van der Waals surface area contributed by atoms with E-state index in [4.69, 9.17) is 9.47 Å². The van der Waals surface area contributed by atoms with Crippen LogP contribution < -0.4 is 0 Å². The molecule has 0 radical (unpaired) electrons. The largest absolute Gasteiger partial charge is 0.387 e. The van der Waals surface area contributed by atoms with Gasteiger partial charge in [0.1, 0.15) is 6.10 Å². The predicted octanol–water partition coefficient (Wildman–Crippen LogP) is 1.08. The van der Waals surface area contributed by atoms with Crippen LogP contribution >= 0.6 is 0 Å². The molecule has 0 aromatic heterocycles. The molecular weight excluding hydrogens is 240 g/mol. The molecule has 0 fully saturated rings. The number of hydrogen-bond donors (Lipinski definition) is 1. The number of aliphatic hydroxyl groups excluding tert-OH is 1. The fourth-order valence-corrected chi connectivity index (χ4v) is 2.53. The molecule has 5 heteroatoms. The number of rotatable bonds is 6. The quantitative estimate of drug-likeness (QED) is 0.776. The second-order valence-corrected chi connectivity index (χ2v) is 5.23. The van der Waals surface area contributed by atoms with E-state index >= 15 is 0 Å². The van der Waals surface area contributed by atoms with E-state index in [1.807, 2.05) is 19.1 Å². The van der Waals surface area contributed by atoms with Crippen LogP contribution in [0.2, 0.25) is 0 Å². The van der Waals surface area contributed by atoms with Crippen LogP contribution in [0.25, 0.3) is 0 Å². The van der Waals surface area contributed by atoms with E-state index in [9.17, 15) is 9.32 Å². The van der Waals surface area contributed by atoms with Crippen LogP contribution in [-0.2, 0) is 20.3 Å². The van der Waals surface area contributed by atoms with Crippen LogP contribution in [0.15, 0.2) is 29.2 Å². The van der Waals surface area contributed by atoms with E-state index in [1.54, 1.807) is 12.1 Å². The lowest BCUT2D eigenvalue weighted by Crippen LogP contribution is -2.34. The van der Waals surface area contributed by atoms with Gasteiger partial charge in [-0.2, -0.15) is 0 Å². The predicted molar refractivity (Wildman–Crippen MR) is 66.3 cm³/mol. The molecule has 1 aromatic carbocycles. The minimum Gasteiger partial charge on any atom is -0.387 e. The molecule has 2 atom stereocenters. The Morgan fingerprint density at radius 3 is 2.24 bits per heavy atom. The molecule has 96 valence electrons. The maximum absolute atomic E-state index is 11.9. The molecule has 0 saturated heterocycles. The van der Waals surface area contributed by atoms with Gasteiger partial charge >= 0.3 is 0 Å². The Bertz CT molecular complexity index is 359. The molecule has 0 saturated carbocycles. The molecule has 1 rings (SSSR count). The first kappa shape index (κ1) is 14.3. The molecular formula is C12H18O4S. The highest BCUT2D eigenvalue weighted by Gasteiger charge is 2.21. The van der Waals surface area contributed by atoms with Gasteiger partial charge in [-0.1, -0.05) is 17.7 Å². The van der Waals surface area contributed by atoms with Gasteiger partial charge in [0, 0.05) is 19.1 Å². The van der Waals surface area contributed by atoms with E-state index in [2.05, 4.69) is 0 Å². The number of methoxy groups -OCH3 is 2. The summed E-state index contributed by atoms with van der Waals surface area (Å²) < 4.78 is 21.8. The van der Waals surface area contributed by atoms with Gasteiger partial charge in [0.05, 0.1) is 16.6 Å². The van der Waals surface area contributed by atoms with Gasteiger partial charge in [0.15, 0.2) is 6.29 Å². The smallest absolute Gasteiger partial charge is 0.183 e. The van der Waals surface area contributed by atoms with Crippen molar-refractivity contribution in [3.8, 4) is 0 Å². The van der Waals surface area contributed by atoms with Gasteiger partial charge in [-0.05, 0) is 19.1 Å². The molecule has 0 aliphatic heterocycles. The van der Waals surface area contributed by atoms with Crippen molar-refractivity contribution in [3.05, 3.63) is 29.8 Å². The molecule has 0 unspecified atom stereocenters. The van der Waals surface area contributed by atoms with Crippen LogP contribution in [0.1, 0.15) is 5.56 Å². The lowest BCUT2D eigenvalue weighted by Gasteiger charge is -2.19. The highest BCUT2D eigenvalue weighted by atomic mass is 32.2. The molecule has 1 aromatic rings. The lowest BCUT2D eigenvalue weighted by molar-refractivity contribution is -0.157. The summed E-state index contributed by atoms with van der Waals surface area (Å²) >= 11 is 0. The van der Waals surface area contributed by atoms with Crippen molar-refractivity contribution >= 4 is 10.8 Å². The van der Waals surface area contributed by atoms with Crippen LogP contribution in [0.5, 0.6) is 0 Å². The van der Waals surface area contributed by atoms with Crippen LogP contribution in [-0.4, -0.2) is 41.7 Å². The molecule has 0 aliphatic carbocycles. The van der Waals surface area contributed by atoms with Crippen LogP contribution in [0, 0.1) is 6.92 Å². The number of ether oxygens (including phenoxy) is 2. The summed E-state index contributed by atoms with van der Waals surface area (Å²) in [5.74, 6) is 0.0927. The Hall–Kier alpha value is -0.750. The van der Waals surface area contributed by atoms with Gasteiger partial charge in [-0.25, -0.2) is 0 Å². The summed E-state index contributed by atoms with van der Waals surface area (Å²) in [6, 6.07) is 7.38. The van der Waals surface area contributed by atoms with Gasteiger partial charge in [0.25, 0.3) is 0 Å². The second-order valence-electron chi connectivity index (χ2n) is 3.73. The van der Waals surface area contributed by atoms with Crippen molar-refractivity contribution in [1.29, 1.82) is 0 Å². The van der Waals surface area contributed by atoms with Gasteiger partial charge in [-0.3, -0.25) is 4.21 Å². The van der Waals surface area contributed by atoms with Crippen molar-refractivity contribution < 1.29 is 18.8 Å². The highest BCUT2D eigenvalue weighted by Crippen LogP contribution is 2.11. The maximum Gasteiger partial charge on any atom is 0.183 e. The minimum atomic E-state index is -1.26. The Morgan fingerprint density at radius 2 is 1.76 bits per heavy atom. The topological polar surface area (TPSA) is 55.8 Å². The van der Waals surface area contributed by atoms with Crippen molar-refractivity contribution in [2.45, 2.75) is 24.2 Å².